The molecule has 2 aliphatic rings. The predicted octanol–water partition coefficient (Wildman–Crippen LogP) is 4.19. The fraction of sp³-hybridized carbons (Fsp3) is 0.333. The van der Waals surface area contributed by atoms with Gasteiger partial charge in [-0.2, -0.15) is 0 Å². The number of pyridine rings is 1. The summed E-state index contributed by atoms with van der Waals surface area (Å²) >= 11 is 0. The second-order valence-corrected chi connectivity index (χ2v) is 9.78. The summed E-state index contributed by atoms with van der Waals surface area (Å²) in [5.41, 5.74) is 5.61. The van der Waals surface area contributed by atoms with Crippen molar-refractivity contribution >= 4 is 5.91 Å². The third kappa shape index (κ3) is 3.15. The van der Waals surface area contributed by atoms with Crippen molar-refractivity contribution in [1.29, 1.82) is 0 Å². The Morgan fingerprint density at radius 3 is 1.97 bits per heavy atom. The first-order valence-electron chi connectivity index (χ1n) is 11.2. The first-order chi connectivity index (χ1) is 15.3. The summed E-state index contributed by atoms with van der Waals surface area (Å²) in [6.07, 6.45) is 3.73. The van der Waals surface area contributed by atoms with Crippen LogP contribution in [0.2, 0.25) is 0 Å². The molecule has 164 valence electrons. The van der Waals surface area contributed by atoms with Crippen molar-refractivity contribution in [1.82, 2.24) is 9.58 Å². The van der Waals surface area contributed by atoms with Gasteiger partial charge < -0.3 is 4.90 Å². The number of nitrogens with zero attached hydrogens (tertiary/aromatic N) is 3. The molecule has 2 aromatic carbocycles. The highest BCUT2D eigenvalue weighted by molar-refractivity contribution is 5.95. The molecule has 0 radical (unpaired) electrons. The summed E-state index contributed by atoms with van der Waals surface area (Å²) in [7, 11) is 0. The molecule has 1 aromatic heterocycles. The Bertz CT molecular complexity index is 1220. The summed E-state index contributed by atoms with van der Waals surface area (Å²) in [6.45, 7) is 8.33. The molecule has 1 amide bonds. The number of aryl methyl sites for hydroxylation is 2. The van der Waals surface area contributed by atoms with Crippen LogP contribution in [0.25, 0.3) is 0 Å². The van der Waals surface area contributed by atoms with Crippen molar-refractivity contribution in [2.75, 3.05) is 11.7 Å². The Morgan fingerprint density at radius 1 is 0.844 bits per heavy atom. The summed E-state index contributed by atoms with van der Waals surface area (Å²) in [5, 5.41) is 2.25. The van der Waals surface area contributed by atoms with Gasteiger partial charge in [0, 0.05) is 23.4 Å². The van der Waals surface area contributed by atoms with E-state index in [9.17, 15) is 9.59 Å². The van der Waals surface area contributed by atoms with Gasteiger partial charge in [-0.05, 0) is 62.8 Å². The van der Waals surface area contributed by atoms with Crippen LogP contribution in [0.3, 0.4) is 0 Å². The molecule has 0 atom stereocenters. The van der Waals surface area contributed by atoms with Gasteiger partial charge in [0.15, 0.2) is 5.43 Å². The lowest BCUT2D eigenvalue weighted by molar-refractivity contribution is 0.0485. The molecular weight excluding hydrogens is 398 g/mol. The Balaban J connectivity index is 1.80. The van der Waals surface area contributed by atoms with Crippen molar-refractivity contribution in [3.05, 3.63) is 105 Å². The Labute approximate surface area is 188 Å². The summed E-state index contributed by atoms with van der Waals surface area (Å²) in [6, 6.07) is 18.7. The van der Waals surface area contributed by atoms with Crippen LogP contribution >= 0.6 is 0 Å². The molecule has 5 heteroatoms. The first kappa shape index (κ1) is 20.6. The molecular formula is C27H29N3O2. The van der Waals surface area contributed by atoms with Crippen LogP contribution in [0, 0.1) is 6.92 Å². The van der Waals surface area contributed by atoms with Gasteiger partial charge in [0.1, 0.15) is 12.4 Å². The fourth-order valence-corrected chi connectivity index (χ4v) is 5.04. The molecule has 0 N–H and O–H groups in total. The summed E-state index contributed by atoms with van der Waals surface area (Å²) in [5.74, 6) is -0.0980. The lowest BCUT2D eigenvalue weighted by atomic mass is 9.93. The van der Waals surface area contributed by atoms with Crippen molar-refractivity contribution in [3.8, 4) is 0 Å². The zero-order valence-corrected chi connectivity index (χ0v) is 19.1. The van der Waals surface area contributed by atoms with E-state index in [-0.39, 0.29) is 22.9 Å². The number of rotatable bonds is 1. The quantitative estimate of drug-likeness (QED) is 0.585. The van der Waals surface area contributed by atoms with Crippen LogP contribution in [0.5, 0.6) is 0 Å². The predicted molar refractivity (Wildman–Crippen MR) is 127 cm³/mol. The van der Waals surface area contributed by atoms with Gasteiger partial charge in [-0.3, -0.25) is 19.3 Å². The van der Waals surface area contributed by atoms with E-state index in [4.69, 9.17) is 0 Å². The number of amides is 1. The van der Waals surface area contributed by atoms with E-state index in [1.165, 1.54) is 22.3 Å². The molecule has 1 aliphatic carbocycles. The first-order valence-corrected chi connectivity index (χ1v) is 11.2. The zero-order valence-electron chi connectivity index (χ0n) is 19.1. The van der Waals surface area contributed by atoms with Crippen molar-refractivity contribution in [2.45, 2.75) is 52.1 Å². The lowest BCUT2D eigenvalue weighted by Gasteiger charge is -2.48. The molecule has 32 heavy (non-hydrogen) atoms. The largest absolute Gasteiger partial charge is 0.313 e. The number of aromatic nitrogens is 1. The molecule has 0 unspecified atom stereocenters. The van der Waals surface area contributed by atoms with Crippen molar-refractivity contribution < 1.29 is 4.79 Å². The molecule has 0 saturated carbocycles. The Kier molecular flexibility index (Phi) is 4.73. The van der Waals surface area contributed by atoms with Crippen LogP contribution < -0.4 is 10.4 Å². The highest BCUT2D eigenvalue weighted by Gasteiger charge is 2.40. The van der Waals surface area contributed by atoms with Gasteiger partial charge in [-0.25, -0.2) is 0 Å². The molecule has 0 saturated heterocycles. The molecule has 5 nitrogen and oxygen atoms in total. The minimum absolute atomic E-state index is 0.0662. The minimum atomic E-state index is -0.386. The summed E-state index contributed by atoms with van der Waals surface area (Å²) < 4.78 is 1.92. The number of carbonyl (C=O) groups excluding carboxylic acids is 1. The van der Waals surface area contributed by atoms with Gasteiger partial charge in [0.05, 0.1) is 6.04 Å². The van der Waals surface area contributed by atoms with E-state index < -0.39 is 0 Å². The van der Waals surface area contributed by atoms with Crippen LogP contribution in [0.4, 0.5) is 0 Å². The van der Waals surface area contributed by atoms with Gasteiger partial charge >= 0.3 is 0 Å². The standard InChI is InChI=1S/C27H29N3O2/c1-18-23(31)15-16-29-24(18)26(32)28(27(2,3)4)17-30(29)25-21-11-7-5-9-19(21)13-14-20-10-6-8-12-22(20)25/h5-12,15-16,25H,13-14,17H2,1-4H3. The van der Waals surface area contributed by atoms with E-state index in [1.54, 1.807) is 19.2 Å². The van der Waals surface area contributed by atoms with Crippen LogP contribution in [0.1, 0.15) is 65.1 Å². The molecule has 1 aliphatic heterocycles. The average Bonchev–Trinajstić information content (AvgIpc) is 2.93. The van der Waals surface area contributed by atoms with Gasteiger partial charge in [-0.1, -0.05) is 48.5 Å². The van der Waals surface area contributed by atoms with E-state index in [0.29, 0.717) is 17.9 Å². The third-order valence-corrected chi connectivity index (χ3v) is 6.80. The maximum Gasteiger partial charge on any atom is 0.274 e. The average molecular weight is 428 g/mol. The number of hydrogen-bond acceptors (Lipinski definition) is 3. The molecule has 3 aromatic rings. The lowest BCUT2D eigenvalue weighted by Crippen LogP contribution is -2.60. The summed E-state index contributed by atoms with van der Waals surface area (Å²) in [4.78, 5) is 28.0. The number of hydrogen-bond donors (Lipinski definition) is 0. The molecule has 0 fully saturated rings. The maximum atomic E-state index is 13.6. The Hall–Kier alpha value is -3.34. The monoisotopic (exact) mass is 427 g/mol. The van der Waals surface area contributed by atoms with E-state index in [1.807, 2.05) is 30.3 Å². The topological polar surface area (TPSA) is 45.6 Å². The maximum absolute atomic E-state index is 13.6. The SMILES string of the molecule is Cc1c2n(ccc1=O)N(C1c3ccccc3CCc3ccccc31)CN(C(C)(C)C)C2=O. The van der Waals surface area contributed by atoms with Crippen molar-refractivity contribution in [3.63, 3.8) is 0 Å². The molecule has 2 heterocycles. The fourth-order valence-electron chi connectivity index (χ4n) is 5.04. The van der Waals surface area contributed by atoms with Crippen LogP contribution in [-0.2, 0) is 12.8 Å². The highest BCUT2D eigenvalue weighted by atomic mass is 16.2. The van der Waals surface area contributed by atoms with Gasteiger partial charge in [0.25, 0.3) is 5.91 Å². The van der Waals surface area contributed by atoms with Crippen LogP contribution in [-0.4, -0.2) is 27.7 Å². The highest BCUT2D eigenvalue weighted by Crippen LogP contribution is 2.38. The smallest absolute Gasteiger partial charge is 0.274 e. The number of carbonyl (C=O) groups is 1. The normalized spacial score (nSPS) is 16.3. The Morgan fingerprint density at radius 2 is 1.41 bits per heavy atom. The van der Waals surface area contributed by atoms with E-state index in [2.05, 4.69) is 53.5 Å². The number of benzene rings is 2. The van der Waals surface area contributed by atoms with E-state index in [0.717, 1.165) is 12.8 Å². The second kappa shape index (κ2) is 7.37. The zero-order chi connectivity index (χ0) is 22.6. The molecule has 0 bridgehead atoms. The van der Waals surface area contributed by atoms with Crippen LogP contribution in [0.15, 0.2) is 65.6 Å². The van der Waals surface area contributed by atoms with E-state index >= 15 is 0 Å². The van der Waals surface area contributed by atoms with Gasteiger partial charge in [0.2, 0.25) is 0 Å². The number of fused-ring (bicyclic) bond motifs is 3. The third-order valence-electron chi connectivity index (χ3n) is 6.80. The van der Waals surface area contributed by atoms with Crippen molar-refractivity contribution in [2.24, 2.45) is 0 Å². The minimum Gasteiger partial charge on any atom is -0.313 e. The second-order valence-electron chi connectivity index (χ2n) is 9.78. The van der Waals surface area contributed by atoms with Gasteiger partial charge in [-0.15, -0.1) is 0 Å². The molecule has 0 spiro atoms. The molecule has 5 rings (SSSR count).